The molecule has 4 rings (SSSR count). The maximum absolute atomic E-state index is 13.0. The van der Waals surface area contributed by atoms with Crippen LogP contribution in [0, 0.1) is 6.92 Å². The van der Waals surface area contributed by atoms with Gasteiger partial charge in [0.25, 0.3) is 10.1 Å². The van der Waals surface area contributed by atoms with Crippen LogP contribution in [-0.2, 0) is 33.2 Å². The SMILES string of the molecule is C=CCOC1OC2COC(c3ccccc3)OC2C(OS(=O)(=O)c2ccc(C)cc2)C1O. The van der Waals surface area contributed by atoms with Crippen LogP contribution in [0.3, 0.4) is 0 Å². The fourth-order valence-corrected chi connectivity index (χ4v) is 4.76. The minimum atomic E-state index is -4.20. The van der Waals surface area contributed by atoms with E-state index >= 15 is 0 Å². The lowest BCUT2D eigenvalue weighted by atomic mass is 9.98. The first kappa shape index (κ1) is 23.1. The number of benzene rings is 2. The molecule has 0 bridgehead atoms. The van der Waals surface area contributed by atoms with E-state index in [0.29, 0.717) is 0 Å². The van der Waals surface area contributed by atoms with Crippen molar-refractivity contribution in [3.8, 4) is 0 Å². The van der Waals surface area contributed by atoms with Crippen molar-refractivity contribution in [2.75, 3.05) is 13.2 Å². The average molecular weight is 463 g/mol. The van der Waals surface area contributed by atoms with Gasteiger partial charge in [0.15, 0.2) is 12.6 Å². The third kappa shape index (κ3) is 4.94. The molecule has 2 saturated heterocycles. The zero-order chi connectivity index (χ0) is 22.7. The molecular weight excluding hydrogens is 436 g/mol. The highest BCUT2D eigenvalue weighted by Crippen LogP contribution is 2.36. The predicted octanol–water partition coefficient (Wildman–Crippen LogP) is 2.47. The summed E-state index contributed by atoms with van der Waals surface area (Å²) in [5, 5.41) is 10.9. The van der Waals surface area contributed by atoms with E-state index < -0.39 is 47.1 Å². The molecule has 6 unspecified atom stereocenters. The summed E-state index contributed by atoms with van der Waals surface area (Å²) in [5.41, 5.74) is 1.66. The van der Waals surface area contributed by atoms with Crippen LogP contribution >= 0.6 is 0 Å². The Balaban J connectivity index is 1.61. The molecule has 0 aromatic heterocycles. The lowest BCUT2D eigenvalue weighted by Crippen LogP contribution is -2.63. The van der Waals surface area contributed by atoms with Crippen LogP contribution in [0.5, 0.6) is 0 Å². The molecule has 0 saturated carbocycles. The molecule has 0 radical (unpaired) electrons. The largest absolute Gasteiger partial charge is 0.385 e. The molecule has 2 aliphatic rings. The summed E-state index contributed by atoms with van der Waals surface area (Å²) in [6, 6.07) is 15.5. The van der Waals surface area contributed by atoms with Crippen LogP contribution in [0.4, 0.5) is 0 Å². The van der Waals surface area contributed by atoms with Crippen molar-refractivity contribution in [3.05, 3.63) is 78.4 Å². The highest BCUT2D eigenvalue weighted by atomic mass is 32.2. The van der Waals surface area contributed by atoms with E-state index in [1.807, 2.05) is 37.3 Å². The van der Waals surface area contributed by atoms with Crippen molar-refractivity contribution < 1.29 is 36.7 Å². The lowest BCUT2D eigenvalue weighted by Gasteiger charge is -2.47. The smallest absolute Gasteiger partial charge is 0.297 e. The van der Waals surface area contributed by atoms with E-state index in [9.17, 15) is 13.5 Å². The predicted molar refractivity (Wildman–Crippen MR) is 114 cm³/mol. The van der Waals surface area contributed by atoms with Gasteiger partial charge in [0.05, 0.1) is 18.1 Å². The van der Waals surface area contributed by atoms with Gasteiger partial charge in [-0.3, -0.25) is 4.18 Å². The van der Waals surface area contributed by atoms with E-state index in [2.05, 4.69) is 6.58 Å². The van der Waals surface area contributed by atoms with Gasteiger partial charge in [-0.05, 0) is 19.1 Å². The Labute approximate surface area is 187 Å². The molecule has 0 spiro atoms. The van der Waals surface area contributed by atoms with Gasteiger partial charge < -0.3 is 24.1 Å². The first-order chi connectivity index (χ1) is 15.4. The van der Waals surface area contributed by atoms with E-state index in [0.717, 1.165) is 11.1 Å². The van der Waals surface area contributed by atoms with E-state index in [4.69, 9.17) is 23.1 Å². The van der Waals surface area contributed by atoms with Gasteiger partial charge >= 0.3 is 0 Å². The molecular formula is C23H26O8S. The van der Waals surface area contributed by atoms with Crippen molar-refractivity contribution in [2.45, 2.75) is 48.8 Å². The Morgan fingerprint density at radius 3 is 2.53 bits per heavy atom. The molecule has 2 fully saturated rings. The molecule has 32 heavy (non-hydrogen) atoms. The van der Waals surface area contributed by atoms with Crippen LogP contribution in [0.2, 0.25) is 0 Å². The summed E-state index contributed by atoms with van der Waals surface area (Å²) in [4.78, 5) is -0.0198. The molecule has 1 N–H and O–H groups in total. The Morgan fingerprint density at radius 2 is 1.84 bits per heavy atom. The average Bonchev–Trinajstić information content (AvgIpc) is 2.80. The Morgan fingerprint density at radius 1 is 1.12 bits per heavy atom. The van der Waals surface area contributed by atoms with Gasteiger partial charge in [-0.25, -0.2) is 0 Å². The molecule has 2 aliphatic heterocycles. The van der Waals surface area contributed by atoms with Crippen LogP contribution in [-0.4, -0.2) is 57.4 Å². The first-order valence-electron chi connectivity index (χ1n) is 10.3. The van der Waals surface area contributed by atoms with Crippen LogP contribution in [0.1, 0.15) is 17.4 Å². The summed E-state index contributed by atoms with van der Waals surface area (Å²) in [6.07, 6.45) is -4.70. The minimum Gasteiger partial charge on any atom is -0.385 e. The number of rotatable bonds is 7. The number of aliphatic hydroxyl groups excluding tert-OH is 1. The van der Waals surface area contributed by atoms with Crippen LogP contribution < -0.4 is 0 Å². The highest BCUT2D eigenvalue weighted by molar-refractivity contribution is 7.86. The molecule has 8 nitrogen and oxygen atoms in total. The van der Waals surface area contributed by atoms with Crippen LogP contribution in [0.25, 0.3) is 0 Å². The summed E-state index contributed by atoms with van der Waals surface area (Å²) in [6.45, 7) is 5.64. The topological polar surface area (TPSA) is 101 Å². The van der Waals surface area contributed by atoms with E-state index in [1.54, 1.807) is 12.1 Å². The van der Waals surface area contributed by atoms with Crippen LogP contribution in [0.15, 0.2) is 72.1 Å². The van der Waals surface area contributed by atoms with E-state index in [1.165, 1.54) is 18.2 Å². The van der Waals surface area contributed by atoms with Gasteiger partial charge in [0.1, 0.15) is 24.4 Å². The summed E-state index contributed by atoms with van der Waals surface area (Å²) < 4.78 is 54.6. The standard InChI is InChI=1S/C23H26O8S/c1-3-13-27-23-19(24)21(31-32(25,26)17-11-9-15(2)10-12-17)20-18(29-23)14-28-22(30-20)16-7-5-4-6-8-16/h3-12,18-24H,1,13-14H2,2H3. The molecule has 0 amide bonds. The zero-order valence-electron chi connectivity index (χ0n) is 17.6. The maximum atomic E-state index is 13.0. The second kappa shape index (κ2) is 9.80. The fourth-order valence-electron chi connectivity index (χ4n) is 3.66. The summed E-state index contributed by atoms with van der Waals surface area (Å²) in [7, 11) is -4.20. The lowest BCUT2D eigenvalue weighted by molar-refractivity contribution is -0.356. The van der Waals surface area contributed by atoms with Crippen molar-refractivity contribution in [1.82, 2.24) is 0 Å². The Kier molecular flexibility index (Phi) is 7.06. The van der Waals surface area contributed by atoms with Crippen molar-refractivity contribution in [1.29, 1.82) is 0 Å². The maximum Gasteiger partial charge on any atom is 0.297 e. The van der Waals surface area contributed by atoms with E-state index in [-0.39, 0.29) is 18.1 Å². The number of aliphatic hydroxyl groups is 1. The van der Waals surface area contributed by atoms with Gasteiger partial charge in [0.2, 0.25) is 0 Å². The molecule has 2 heterocycles. The van der Waals surface area contributed by atoms with Gasteiger partial charge in [-0.15, -0.1) is 6.58 Å². The second-order valence-corrected chi connectivity index (χ2v) is 9.23. The number of aryl methyl sites for hydroxylation is 1. The number of ether oxygens (including phenoxy) is 4. The number of fused-ring (bicyclic) bond motifs is 1. The highest BCUT2D eigenvalue weighted by Gasteiger charge is 2.52. The quantitative estimate of drug-likeness (QED) is 0.495. The molecule has 2 aromatic rings. The third-order valence-electron chi connectivity index (χ3n) is 5.30. The van der Waals surface area contributed by atoms with Crippen molar-refractivity contribution >= 4 is 10.1 Å². The van der Waals surface area contributed by atoms with Crippen molar-refractivity contribution in [3.63, 3.8) is 0 Å². The Bertz CT molecular complexity index is 1010. The number of hydrogen-bond acceptors (Lipinski definition) is 8. The first-order valence-corrected chi connectivity index (χ1v) is 11.7. The van der Waals surface area contributed by atoms with Gasteiger partial charge in [0, 0.05) is 5.56 Å². The molecule has 9 heteroatoms. The van der Waals surface area contributed by atoms with Crippen molar-refractivity contribution in [2.24, 2.45) is 0 Å². The Hall–Kier alpha value is -2.11. The van der Waals surface area contributed by atoms with Gasteiger partial charge in [-0.2, -0.15) is 8.42 Å². The fraction of sp³-hybridized carbons (Fsp3) is 0.391. The molecule has 0 aliphatic carbocycles. The molecule has 172 valence electrons. The zero-order valence-corrected chi connectivity index (χ0v) is 18.4. The minimum absolute atomic E-state index is 0.0198. The third-order valence-corrected chi connectivity index (χ3v) is 6.63. The summed E-state index contributed by atoms with van der Waals surface area (Å²) in [5.74, 6) is 0. The normalized spacial score (nSPS) is 30.4. The van der Waals surface area contributed by atoms with Gasteiger partial charge in [-0.1, -0.05) is 54.1 Å². The monoisotopic (exact) mass is 462 g/mol. The summed E-state index contributed by atoms with van der Waals surface area (Å²) >= 11 is 0. The molecule has 2 aromatic carbocycles. The molecule has 6 atom stereocenters. The number of hydrogen-bond donors (Lipinski definition) is 1. The second-order valence-electron chi connectivity index (χ2n) is 7.66.